The Morgan fingerprint density at radius 1 is 1.25 bits per heavy atom. The average Bonchev–Trinajstić information content (AvgIpc) is 2.58. The van der Waals surface area contributed by atoms with Gasteiger partial charge in [0.15, 0.2) is 0 Å². The van der Waals surface area contributed by atoms with Crippen molar-refractivity contribution in [2.45, 2.75) is 35.5 Å². The van der Waals surface area contributed by atoms with Crippen molar-refractivity contribution in [2.24, 2.45) is 0 Å². The van der Waals surface area contributed by atoms with Crippen LogP contribution in [0.2, 0.25) is 0 Å². The number of thiophene rings is 1. The van der Waals surface area contributed by atoms with Crippen LogP contribution in [0, 0.1) is 0 Å². The molecule has 0 atom stereocenters. The summed E-state index contributed by atoms with van der Waals surface area (Å²) in [6.45, 7) is 0. The number of hydrogen-bond acceptors (Lipinski definition) is 1. The third-order valence-electron chi connectivity index (χ3n) is 2.67. The van der Waals surface area contributed by atoms with Crippen molar-refractivity contribution in [1.82, 2.24) is 0 Å². The monoisotopic (exact) mass is 292 g/mol. The third-order valence-corrected chi connectivity index (χ3v) is 4.62. The minimum Gasteiger partial charge on any atom is -0.152 e. The van der Waals surface area contributed by atoms with Gasteiger partial charge < -0.3 is 0 Å². The average molecular weight is 292 g/mol. The van der Waals surface area contributed by atoms with Gasteiger partial charge in [-0.3, -0.25) is 0 Å². The fraction of sp³-hybridized carbons (Fsp3) is 0.600. The van der Waals surface area contributed by atoms with Gasteiger partial charge in [-0.2, -0.15) is 11.3 Å². The molecule has 0 saturated heterocycles. The molecule has 0 spiro atoms. The first kappa shape index (κ1) is 9.00. The van der Waals surface area contributed by atoms with Gasteiger partial charge in [-0.1, -0.05) is 22.6 Å². The molecular weight excluding hydrogens is 279 g/mol. The van der Waals surface area contributed by atoms with Gasteiger partial charge in [0.25, 0.3) is 0 Å². The Kier molecular flexibility index (Phi) is 3.07. The number of rotatable bonds is 1. The minimum atomic E-state index is 0.877. The van der Waals surface area contributed by atoms with E-state index in [1.807, 2.05) is 11.3 Å². The highest BCUT2D eigenvalue weighted by Crippen LogP contribution is 2.36. The predicted molar refractivity (Wildman–Crippen MR) is 63.3 cm³/mol. The molecule has 1 aromatic heterocycles. The number of hydrogen-bond donors (Lipinski definition) is 0. The van der Waals surface area contributed by atoms with E-state index in [1.165, 1.54) is 25.7 Å². The summed E-state index contributed by atoms with van der Waals surface area (Å²) in [5.74, 6) is 0.877. The van der Waals surface area contributed by atoms with Crippen LogP contribution in [0.25, 0.3) is 0 Å². The fourth-order valence-corrected chi connectivity index (χ4v) is 3.35. The van der Waals surface area contributed by atoms with E-state index >= 15 is 0 Å². The maximum absolute atomic E-state index is 2.59. The Hall–Kier alpha value is 0.430. The van der Waals surface area contributed by atoms with E-state index in [1.54, 1.807) is 5.56 Å². The molecule has 66 valence electrons. The Morgan fingerprint density at radius 3 is 2.58 bits per heavy atom. The van der Waals surface area contributed by atoms with Crippen LogP contribution < -0.4 is 0 Å². The van der Waals surface area contributed by atoms with Crippen LogP contribution in [0.4, 0.5) is 0 Å². The van der Waals surface area contributed by atoms with Gasteiger partial charge >= 0.3 is 0 Å². The largest absolute Gasteiger partial charge is 0.152 e. The van der Waals surface area contributed by atoms with E-state index in [2.05, 4.69) is 39.4 Å². The molecule has 1 fully saturated rings. The van der Waals surface area contributed by atoms with E-state index in [4.69, 9.17) is 0 Å². The molecule has 0 nitrogen and oxygen atoms in total. The van der Waals surface area contributed by atoms with Gasteiger partial charge in [-0.25, -0.2) is 0 Å². The molecule has 1 saturated carbocycles. The van der Waals surface area contributed by atoms with Gasteiger partial charge in [0.1, 0.15) is 0 Å². The van der Waals surface area contributed by atoms with E-state index < -0.39 is 0 Å². The van der Waals surface area contributed by atoms with Crippen LogP contribution in [-0.4, -0.2) is 3.92 Å². The lowest BCUT2D eigenvalue weighted by Gasteiger charge is -2.24. The smallest absolute Gasteiger partial charge is 0.0110 e. The highest BCUT2D eigenvalue weighted by Gasteiger charge is 2.20. The SMILES string of the molecule is IC1CCC(c2ccsc2)CC1. The molecule has 0 N–H and O–H groups in total. The second kappa shape index (κ2) is 4.09. The van der Waals surface area contributed by atoms with Crippen LogP contribution in [-0.2, 0) is 0 Å². The van der Waals surface area contributed by atoms with E-state index in [0.29, 0.717) is 0 Å². The molecule has 0 radical (unpaired) electrons. The standard InChI is InChI=1S/C10H13IS/c11-10-3-1-8(2-4-10)9-5-6-12-7-9/h5-8,10H,1-4H2. The van der Waals surface area contributed by atoms with Crippen LogP contribution in [0.5, 0.6) is 0 Å². The van der Waals surface area contributed by atoms with Crippen molar-refractivity contribution in [3.05, 3.63) is 22.4 Å². The molecular formula is C10H13IS. The minimum absolute atomic E-state index is 0.877. The Bertz CT molecular complexity index is 222. The molecule has 2 heteroatoms. The summed E-state index contributed by atoms with van der Waals surface area (Å²) in [7, 11) is 0. The second-order valence-corrected chi connectivity index (χ2v) is 6.05. The lowest BCUT2D eigenvalue weighted by atomic mass is 9.85. The molecule has 0 amide bonds. The van der Waals surface area contributed by atoms with E-state index in [-0.39, 0.29) is 0 Å². The topological polar surface area (TPSA) is 0 Å². The quantitative estimate of drug-likeness (QED) is 0.537. The number of alkyl halides is 1. The maximum Gasteiger partial charge on any atom is 0.0110 e. The zero-order chi connectivity index (χ0) is 8.39. The first-order valence-corrected chi connectivity index (χ1v) is 6.71. The lowest BCUT2D eigenvalue weighted by molar-refractivity contribution is 0.463. The molecule has 2 rings (SSSR count). The van der Waals surface area contributed by atoms with Crippen LogP contribution in [0.15, 0.2) is 16.8 Å². The zero-order valence-corrected chi connectivity index (χ0v) is 9.98. The van der Waals surface area contributed by atoms with Gasteiger partial charge in [0.05, 0.1) is 0 Å². The molecule has 0 unspecified atom stereocenters. The van der Waals surface area contributed by atoms with Crippen LogP contribution >= 0.6 is 33.9 Å². The van der Waals surface area contributed by atoms with Gasteiger partial charge in [0.2, 0.25) is 0 Å². The van der Waals surface area contributed by atoms with E-state index in [9.17, 15) is 0 Å². The van der Waals surface area contributed by atoms with Crippen molar-refractivity contribution < 1.29 is 0 Å². The molecule has 1 aliphatic carbocycles. The van der Waals surface area contributed by atoms with Gasteiger partial charge in [0, 0.05) is 3.92 Å². The fourth-order valence-electron chi connectivity index (χ4n) is 1.89. The maximum atomic E-state index is 2.59. The summed E-state index contributed by atoms with van der Waals surface area (Å²) in [6, 6.07) is 2.29. The summed E-state index contributed by atoms with van der Waals surface area (Å²) in [4.78, 5) is 0. The highest BCUT2D eigenvalue weighted by molar-refractivity contribution is 14.1. The summed E-state index contributed by atoms with van der Waals surface area (Å²) in [5.41, 5.74) is 1.59. The Labute approximate surface area is 91.5 Å². The summed E-state index contributed by atoms with van der Waals surface area (Å²) >= 11 is 4.42. The zero-order valence-electron chi connectivity index (χ0n) is 7.00. The summed E-state index contributed by atoms with van der Waals surface area (Å²) in [6.07, 6.45) is 5.65. The number of halogens is 1. The predicted octanol–water partition coefficient (Wildman–Crippen LogP) is 4.21. The molecule has 12 heavy (non-hydrogen) atoms. The van der Waals surface area contributed by atoms with Crippen molar-refractivity contribution in [3.8, 4) is 0 Å². The first-order chi connectivity index (χ1) is 5.86. The Balaban J connectivity index is 1.99. The third kappa shape index (κ3) is 2.02. The van der Waals surface area contributed by atoms with Crippen molar-refractivity contribution in [2.75, 3.05) is 0 Å². The van der Waals surface area contributed by atoms with Gasteiger partial charge in [-0.05, 0) is 54.0 Å². The van der Waals surface area contributed by atoms with Crippen LogP contribution in [0.3, 0.4) is 0 Å². The molecule has 0 bridgehead atoms. The summed E-state index contributed by atoms with van der Waals surface area (Å²) in [5, 5.41) is 4.52. The summed E-state index contributed by atoms with van der Waals surface area (Å²) < 4.78 is 0.942. The van der Waals surface area contributed by atoms with Crippen molar-refractivity contribution in [3.63, 3.8) is 0 Å². The van der Waals surface area contributed by atoms with Crippen LogP contribution in [0.1, 0.15) is 37.2 Å². The highest BCUT2D eigenvalue weighted by atomic mass is 127. The molecule has 1 aliphatic rings. The first-order valence-electron chi connectivity index (χ1n) is 4.52. The van der Waals surface area contributed by atoms with Gasteiger partial charge in [-0.15, -0.1) is 0 Å². The molecule has 1 heterocycles. The lowest BCUT2D eigenvalue weighted by Crippen LogP contribution is -2.11. The molecule has 0 aliphatic heterocycles. The van der Waals surface area contributed by atoms with E-state index in [0.717, 1.165) is 9.84 Å². The second-order valence-electron chi connectivity index (χ2n) is 3.51. The Morgan fingerprint density at radius 2 is 2.00 bits per heavy atom. The van der Waals surface area contributed by atoms with Crippen molar-refractivity contribution >= 4 is 33.9 Å². The van der Waals surface area contributed by atoms with Crippen molar-refractivity contribution in [1.29, 1.82) is 0 Å². The molecule has 0 aromatic carbocycles. The normalized spacial score (nSPS) is 30.4. The molecule has 1 aromatic rings.